The van der Waals surface area contributed by atoms with Gasteiger partial charge in [0.2, 0.25) is 0 Å². The van der Waals surface area contributed by atoms with Crippen LogP contribution in [0.15, 0.2) is 12.2 Å². The number of unbranched alkanes of at least 4 members (excludes halogenated alkanes) is 8. The molecule has 0 atom stereocenters. The molecular formula is C15H27FO. The Kier molecular flexibility index (Phi) is 12.9. The minimum absolute atomic E-state index is 0.111. The molecule has 2 heteroatoms. The van der Waals surface area contributed by atoms with Crippen LogP contribution in [-0.4, -0.2) is 6.04 Å². The number of hydrogen-bond donors (Lipinski definition) is 0. The summed E-state index contributed by atoms with van der Waals surface area (Å²) >= 11 is 0. The molecule has 0 aliphatic rings. The Morgan fingerprint density at radius 2 is 1.41 bits per heavy atom. The Bertz CT molecular complexity index is 199. The third-order valence-electron chi connectivity index (χ3n) is 2.89. The van der Waals surface area contributed by atoms with Crippen LogP contribution in [0, 0.1) is 0 Å². The Labute approximate surface area is 105 Å². The average Bonchev–Trinajstić information content (AvgIpc) is 2.30. The zero-order valence-electron chi connectivity index (χ0n) is 11.2. The first-order valence-corrected chi connectivity index (χ1v) is 7.10. The van der Waals surface area contributed by atoms with Crippen molar-refractivity contribution >= 4 is 6.04 Å². The molecule has 0 saturated heterocycles. The van der Waals surface area contributed by atoms with Crippen LogP contribution in [0.3, 0.4) is 0 Å². The van der Waals surface area contributed by atoms with Crippen molar-refractivity contribution in [3.05, 3.63) is 12.2 Å². The predicted octanol–water partition coefficient (Wildman–Crippen LogP) is 5.35. The molecule has 0 saturated carbocycles. The van der Waals surface area contributed by atoms with Crippen molar-refractivity contribution in [3.8, 4) is 0 Å². The Morgan fingerprint density at radius 1 is 0.882 bits per heavy atom. The van der Waals surface area contributed by atoms with Crippen molar-refractivity contribution in [1.82, 2.24) is 0 Å². The summed E-state index contributed by atoms with van der Waals surface area (Å²) in [5, 5.41) is 0. The van der Waals surface area contributed by atoms with E-state index >= 15 is 0 Å². The molecule has 1 nitrogen and oxygen atoms in total. The minimum atomic E-state index is -1.16. The second-order valence-electron chi connectivity index (χ2n) is 4.63. The zero-order chi connectivity index (χ0) is 12.8. The molecule has 0 aromatic rings. The van der Waals surface area contributed by atoms with Gasteiger partial charge in [-0.1, -0.05) is 57.6 Å². The molecule has 0 unspecified atom stereocenters. The molecule has 17 heavy (non-hydrogen) atoms. The highest BCUT2D eigenvalue weighted by Crippen LogP contribution is 2.09. The summed E-state index contributed by atoms with van der Waals surface area (Å²) in [5.74, 6) is 0. The number of carbonyl (C=O) groups is 1. The summed E-state index contributed by atoms with van der Waals surface area (Å²) in [7, 11) is 0. The summed E-state index contributed by atoms with van der Waals surface area (Å²) in [6.07, 6.45) is 16.2. The van der Waals surface area contributed by atoms with Crippen molar-refractivity contribution in [2.45, 2.75) is 77.6 Å². The first-order valence-electron chi connectivity index (χ1n) is 7.10. The second kappa shape index (κ2) is 13.4. The van der Waals surface area contributed by atoms with Crippen molar-refractivity contribution in [2.24, 2.45) is 0 Å². The zero-order valence-corrected chi connectivity index (χ0v) is 11.2. The van der Waals surface area contributed by atoms with Gasteiger partial charge in [-0.3, -0.25) is 4.79 Å². The largest absolute Gasteiger partial charge is 0.301 e. The quantitative estimate of drug-likeness (QED) is 0.256. The SMILES string of the molecule is CCCC/C=C/CCCCCCCCC(=O)F. The molecule has 0 radical (unpaired) electrons. The molecule has 0 aliphatic carbocycles. The van der Waals surface area contributed by atoms with Gasteiger partial charge in [0.15, 0.2) is 0 Å². The van der Waals surface area contributed by atoms with Crippen molar-refractivity contribution in [3.63, 3.8) is 0 Å². The Morgan fingerprint density at radius 3 is 2.00 bits per heavy atom. The van der Waals surface area contributed by atoms with Gasteiger partial charge in [-0.25, -0.2) is 0 Å². The van der Waals surface area contributed by atoms with E-state index in [1.165, 1.54) is 44.9 Å². The van der Waals surface area contributed by atoms with Crippen LogP contribution in [0.5, 0.6) is 0 Å². The topological polar surface area (TPSA) is 17.1 Å². The number of carbonyl (C=O) groups excluding carboxylic acids is 1. The maximum absolute atomic E-state index is 11.9. The summed E-state index contributed by atoms with van der Waals surface area (Å²) in [6.45, 7) is 2.21. The molecular weight excluding hydrogens is 215 g/mol. The van der Waals surface area contributed by atoms with Gasteiger partial charge in [-0.2, -0.15) is 4.39 Å². The smallest absolute Gasteiger partial charge is 0.261 e. The summed E-state index contributed by atoms with van der Waals surface area (Å²) in [4.78, 5) is 10.1. The molecule has 0 aromatic carbocycles. The lowest BCUT2D eigenvalue weighted by molar-refractivity contribution is -0.129. The van der Waals surface area contributed by atoms with E-state index in [0.717, 1.165) is 12.8 Å². The first kappa shape index (κ1) is 16.3. The first-order chi connectivity index (χ1) is 8.27. The number of halogens is 1. The molecule has 0 spiro atoms. The van der Waals surface area contributed by atoms with Crippen LogP contribution in [0.2, 0.25) is 0 Å². The lowest BCUT2D eigenvalue weighted by atomic mass is 10.1. The van der Waals surface area contributed by atoms with E-state index in [-0.39, 0.29) is 6.42 Å². The van der Waals surface area contributed by atoms with Gasteiger partial charge in [0.25, 0.3) is 0 Å². The van der Waals surface area contributed by atoms with Crippen LogP contribution in [-0.2, 0) is 4.79 Å². The van der Waals surface area contributed by atoms with Crippen LogP contribution in [0.1, 0.15) is 77.6 Å². The third kappa shape index (κ3) is 15.3. The monoisotopic (exact) mass is 242 g/mol. The number of allylic oxidation sites excluding steroid dienone is 2. The fourth-order valence-electron chi connectivity index (χ4n) is 1.79. The predicted molar refractivity (Wildman–Crippen MR) is 71.7 cm³/mol. The van der Waals surface area contributed by atoms with E-state index in [9.17, 15) is 9.18 Å². The lowest BCUT2D eigenvalue weighted by Crippen LogP contribution is -1.87. The average molecular weight is 242 g/mol. The van der Waals surface area contributed by atoms with E-state index in [1.54, 1.807) is 0 Å². The van der Waals surface area contributed by atoms with Gasteiger partial charge in [-0.15, -0.1) is 0 Å². The fourth-order valence-corrected chi connectivity index (χ4v) is 1.79. The second-order valence-corrected chi connectivity index (χ2v) is 4.63. The van der Waals surface area contributed by atoms with Gasteiger partial charge in [-0.05, 0) is 25.7 Å². The Balaban J connectivity index is 3.03. The summed E-state index contributed by atoms with van der Waals surface area (Å²) in [5.41, 5.74) is 0. The molecule has 0 aliphatic heterocycles. The summed E-state index contributed by atoms with van der Waals surface area (Å²) in [6, 6.07) is -1.16. The number of hydrogen-bond acceptors (Lipinski definition) is 1. The standard InChI is InChI=1S/C15H27FO/c1-2-3-4-5-6-7-8-9-10-11-12-13-14-15(16)17/h5-6H,2-4,7-14H2,1H3/b6-5+. The van der Waals surface area contributed by atoms with Gasteiger partial charge < -0.3 is 0 Å². The highest BCUT2D eigenvalue weighted by atomic mass is 19.1. The van der Waals surface area contributed by atoms with Gasteiger partial charge >= 0.3 is 6.04 Å². The maximum Gasteiger partial charge on any atom is 0.301 e. The van der Waals surface area contributed by atoms with Crippen molar-refractivity contribution < 1.29 is 9.18 Å². The van der Waals surface area contributed by atoms with Gasteiger partial charge in [0.05, 0.1) is 0 Å². The molecule has 0 heterocycles. The van der Waals surface area contributed by atoms with Gasteiger partial charge in [0, 0.05) is 6.42 Å². The van der Waals surface area contributed by atoms with E-state index in [2.05, 4.69) is 19.1 Å². The molecule has 100 valence electrons. The van der Waals surface area contributed by atoms with E-state index in [0.29, 0.717) is 6.42 Å². The molecule has 0 fully saturated rings. The van der Waals surface area contributed by atoms with Crippen molar-refractivity contribution in [1.29, 1.82) is 0 Å². The van der Waals surface area contributed by atoms with E-state index in [4.69, 9.17) is 0 Å². The highest BCUT2D eigenvalue weighted by Gasteiger charge is 1.97. The molecule has 0 rings (SSSR count). The molecule has 0 N–H and O–H groups in total. The number of rotatable bonds is 12. The van der Waals surface area contributed by atoms with E-state index < -0.39 is 6.04 Å². The van der Waals surface area contributed by atoms with Crippen LogP contribution in [0.25, 0.3) is 0 Å². The lowest BCUT2D eigenvalue weighted by Gasteiger charge is -1.99. The highest BCUT2D eigenvalue weighted by molar-refractivity contribution is 5.67. The van der Waals surface area contributed by atoms with E-state index in [1.807, 2.05) is 0 Å². The van der Waals surface area contributed by atoms with Crippen LogP contribution in [0.4, 0.5) is 4.39 Å². The maximum atomic E-state index is 11.9. The third-order valence-corrected chi connectivity index (χ3v) is 2.89. The fraction of sp³-hybridized carbons (Fsp3) is 0.800. The molecule has 0 aromatic heterocycles. The summed E-state index contributed by atoms with van der Waals surface area (Å²) < 4.78 is 11.9. The van der Waals surface area contributed by atoms with Crippen LogP contribution < -0.4 is 0 Å². The Hall–Kier alpha value is -0.660. The molecule has 0 amide bonds. The minimum Gasteiger partial charge on any atom is -0.261 e. The molecule has 0 bridgehead atoms. The van der Waals surface area contributed by atoms with Crippen LogP contribution >= 0.6 is 0 Å². The normalized spacial score (nSPS) is 11.2. The van der Waals surface area contributed by atoms with Crippen molar-refractivity contribution in [2.75, 3.05) is 0 Å². The van der Waals surface area contributed by atoms with Gasteiger partial charge in [0.1, 0.15) is 0 Å².